The Hall–Kier alpha value is -1.67. The molecule has 0 aliphatic rings. The Morgan fingerprint density at radius 3 is 2.48 bits per heavy atom. The van der Waals surface area contributed by atoms with Gasteiger partial charge in [-0.15, -0.1) is 0 Å². The first-order valence-corrected chi connectivity index (χ1v) is 7.75. The van der Waals surface area contributed by atoms with Crippen LogP contribution in [-0.4, -0.2) is 11.5 Å². The van der Waals surface area contributed by atoms with Crippen molar-refractivity contribution in [2.75, 3.05) is 6.54 Å². The summed E-state index contributed by atoms with van der Waals surface area (Å²) < 4.78 is 0. The fourth-order valence-corrected chi connectivity index (χ4v) is 2.84. The van der Waals surface area contributed by atoms with Crippen LogP contribution in [0.15, 0.2) is 30.3 Å². The fraction of sp³-hybridized carbons (Fsp3) is 0.421. The van der Waals surface area contributed by atoms with Crippen molar-refractivity contribution >= 4 is 0 Å². The summed E-state index contributed by atoms with van der Waals surface area (Å²) >= 11 is 0. The van der Waals surface area contributed by atoms with Gasteiger partial charge in [0.15, 0.2) is 0 Å². The summed E-state index contributed by atoms with van der Waals surface area (Å²) in [6, 6.07) is 11.3. The van der Waals surface area contributed by atoms with Crippen LogP contribution in [-0.2, 0) is 6.42 Å². The molecule has 2 nitrogen and oxygen atoms in total. The molecule has 1 N–H and O–H groups in total. The molecule has 0 saturated carbocycles. The largest absolute Gasteiger partial charge is 0.310 e. The minimum Gasteiger partial charge on any atom is -0.310 e. The molecule has 1 atom stereocenters. The van der Waals surface area contributed by atoms with Crippen LogP contribution in [0.5, 0.6) is 0 Å². The fourth-order valence-electron chi connectivity index (χ4n) is 2.84. The number of benzene rings is 1. The molecule has 112 valence electrons. The molecule has 1 aromatic carbocycles. The van der Waals surface area contributed by atoms with E-state index in [2.05, 4.69) is 68.3 Å². The first-order valence-electron chi connectivity index (χ1n) is 7.75. The predicted octanol–water partition coefficient (Wildman–Crippen LogP) is 4.21. The standard InChI is InChI=1S/C19H26N2/c1-6-20-19(18-10-9-15(4)21-16(18)5)12-17-11-13(2)7-8-14(17)3/h7-11,19-20H,6,12H2,1-5H3. The van der Waals surface area contributed by atoms with Gasteiger partial charge >= 0.3 is 0 Å². The molecule has 1 aromatic heterocycles. The number of nitrogens with one attached hydrogen (secondary N) is 1. The molecule has 0 radical (unpaired) electrons. The molecule has 2 rings (SSSR count). The quantitative estimate of drug-likeness (QED) is 0.888. The number of likely N-dealkylation sites (N-methyl/N-ethyl adjacent to an activating group) is 1. The molecule has 0 bridgehead atoms. The topological polar surface area (TPSA) is 24.9 Å². The molecular weight excluding hydrogens is 256 g/mol. The first kappa shape index (κ1) is 15.7. The normalized spacial score (nSPS) is 12.4. The number of rotatable bonds is 5. The SMILES string of the molecule is CCNC(Cc1cc(C)ccc1C)c1ccc(C)nc1C. The van der Waals surface area contributed by atoms with Crippen molar-refractivity contribution in [1.82, 2.24) is 10.3 Å². The van der Waals surface area contributed by atoms with E-state index in [1.54, 1.807) is 0 Å². The van der Waals surface area contributed by atoms with E-state index >= 15 is 0 Å². The summed E-state index contributed by atoms with van der Waals surface area (Å²) in [5.74, 6) is 0. The molecule has 1 unspecified atom stereocenters. The third-order valence-electron chi connectivity index (χ3n) is 4.02. The maximum atomic E-state index is 4.62. The number of hydrogen-bond acceptors (Lipinski definition) is 2. The van der Waals surface area contributed by atoms with Crippen LogP contribution in [0.2, 0.25) is 0 Å². The van der Waals surface area contributed by atoms with Gasteiger partial charge in [0.1, 0.15) is 0 Å². The highest BCUT2D eigenvalue weighted by molar-refractivity contribution is 5.34. The lowest BCUT2D eigenvalue weighted by Gasteiger charge is -2.21. The summed E-state index contributed by atoms with van der Waals surface area (Å²) in [6.07, 6.45) is 1.01. The second-order valence-electron chi connectivity index (χ2n) is 5.87. The van der Waals surface area contributed by atoms with Crippen LogP contribution in [0.3, 0.4) is 0 Å². The minimum absolute atomic E-state index is 0.323. The van der Waals surface area contributed by atoms with Gasteiger partial charge in [0.25, 0.3) is 0 Å². The second-order valence-corrected chi connectivity index (χ2v) is 5.87. The lowest BCUT2D eigenvalue weighted by atomic mass is 9.94. The van der Waals surface area contributed by atoms with Crippen molar-refractivity contribution in [2.24, 2.45) is 0 Å². The highest BCUT2D eigenvalue weighted by Gasteiger charge is 2.15. The van der Waals surface area contributed by atoms with E-state index in [0.29, 0.717) is 6.04 Å². The molecule has 1 heterocycles. The Balaban J connectivity index is 2.32. The van der Waals surface area contributed by atoms with Gasteiger partial charge in [-0.05, 0) is 63.4 Å². The van der Waals surface area contributed by atoms with Crippen molar-refractivity contribution in [3.8, 4) is 0 Å². The summed E-state index contributed by atoms with van der Waals surface area (Å²) in [6.45, 7) is 11.6. The van der Waals surface area contributed by atoms with Gasteiger partial charge in [0.05, 0.1) is 0 Å². The van der Waals surface area contributed by atoms with Crippen LogP contribution in [0.4, 0.5) is 0 Å². The third kappa shape index (κ3) is 3.92. The minimum atomic E-state index is 0.323. The van der Waals surface area contributed by atoms with E-state index in [9.17, 15) is 0 Å². The molecule has 2 heteroatoms. The zero-order chi connectivity index (χ0) is 15.4. The van der Waals surface area contributed by atoms with Crippen LogP contribution in [0, 0.1) is 27.7 Å². The Bertz CT molecular complexity index is 617. The van der Waals surface area contributed by atoms with E-state index in [1.165, 1.54) is 22.3 Å². The Labute approximate surface area is 128 Å². The molecule has 21 heavy (non-hydrogen) atoms. The molecule has 2 aromatic rings. The Kier molecular flexibility index (Phi) is 5.13. The van der Waals surface area contributed by atoms with Crippen molar-refractivity contribution in [3.05, 3.63) is 64.0 Å². The maximum absolute atomic E-state index is 4.62. The number of aromatic nitrogens is 1. The van der Waals surface area contributed by atoms with Crippen molar-refractivity contribution in [3.63, 3.8) is 0 Å². The molecule has 0 aliphatic carbocycles. The van der Waals surface area contributed by atoms with Gasteiger partial charge in [0, 0.05) is 17.4 Å². The number of aryl methyl sites for hydroxylation is 4. The van der Waals surface area contributed by atoms with E-state index in [0.717, 1.165) is 24.4 Å². The van der Waals surface area contributed by atoms with Gasteiger partial charge in [-0.25, -0.2) is 0 Å². The number of pyridine rings is 1. The monoisotopic (exact) mass is 282 g/mol. The molecule has 0 aliphatic heterocycles. The van der Waals surface area contributed by atoms with Gasteiger partial charge in [-0.3, -0.25) is 4.98 Å². The lowest BCUT2D eigenvalue weighted by Crippen LogP contribution is -2.24. The van der Waals surface area contributed by atoms with E-state index in [4.69, 9.17) is 0 Å². The highest BCUT2D eigenvalue weighted by atomic mass is 14.9. The van der Waals surface area contributed by atoms with Crippen molar-refractivity contribution < 1.29 is 0 Å². The number of hydrogen-bond donors (Lipinski definition) is 1. The zero-order valence-electron chi connectivity index (χ0n) is 13.8. The Morgan fingerprint density at radius 1 is 1.05 bits per heavy atom. The predicted molar refractivity (Wildman–Crippen MR) is 89.7 cm³/mol. The summed E-state index contributed by atoms with van der Waals surface area (Å²) in [5, 5.41) is 3.61. The molecule has 0 spiro atoms. The van der Waals surface area contributed by atoms with E-state index in [1.807, 2.05) is 6.92 Å². The smallest absolute Gasteiger partial charge is 0.0423 e. The summed E-state index contributed by atoms with van der Waals surface area (Å²) in [7, 11) is 0. The summed E-state index contributed by atoms with van der Waals surface area (Å²) in [5.41, 5.74) is 7.62. The first-order chi connectivity index (χ1) is 10.0. The van der Waals surface area contributed by atoms with Crippen LogP contribution in [0.25, 0.3) is 0 Å². The molecular formula is C19H26N2. The molecule has 0 saturated heterocycles. The van der Waals surface area contributed by atoms with Crippen molar-refractivity contribution in [2.45, 2.75) is 47.1 Å². The lowest BCUT2D eigenvalue weighted by molar-refractivity contribution is 0.543. The van der Waals surface area contributed by atoms with Crippen LogP contribution < -0.4 is 5.32 Å². The second kappa shape index (κ2) is 6.86. The van der Waals surface area contributed by atoms with Gasteiger partial charge in [-0.2, -0.15) is 0 Å². The molecule has 0 amide bonds. The van der Waals surface area contributed by atoms with E-state index < -0.39 is 0 Å². The van der Waals surface area contributed by atoms with E-state index in [-0.39, 0.29) is 0 Å². The average molecular weight is 282 g/mol. The van der Waals surface area contributed by atoms with Gasteiger partial charge < -0.3 is 5.32 Å². The number of nitrogens with zero attached hydrogens (tertiary/aromatic N) is 1. The van der Waals surface area contributed by atoms with Crippen molar-refractivity contribution in [1.29, 1.82) is 0 Å². The molecule has 0 fully saturated rings. The summed E-state index contributed by atoms with van der Waals surface area (Å²) in [4.78, 5) is 4.62. The average Bonchev–Trinajstić information content (AvgIpc) is 2.42. The van der Waals surface area contributed by atoms with Crippen LogP contribution >= 0.6 is 0 Å². The maximum Gasteiger partial charge on any atom is 0.0423 e. The van der Waals surface area contributed by atoms with Gasteiger partial charge in [-0.1, -0.05) is 36.8 Å². The zero-order valence-corrected chi connectivity index (χ0v) is 13.8. The highest BCUT2D eigenvalue weighted by Crippen LogP contribution is 2.23. The third-order valence-corrected chi connectivity index (χ3v) is 4.02. The Morgan fingerprint density at radius 2 is 1.81 bits per heavy atom. The van der Waals surface area contributed by atoms with Crippen LogP contribution in [0.1, 0.15) is 46.6 Å². The van der Waals surface area contributed by atoms with Gasteiger partial charge in [0.2, 0.25) is 0 Å².